The van der Waals surface area contributed by atoms with Gasteiger partial charge in [0.1, 0.15) is 11.3 Å². The molecule has 2 N–H and O–H groups in total. The Kier molecular flexibility index (Phi) is 3.51. The molecule has 0 amide bonds. The van der Waals surface area contributed by atoms with Crippen LogP contribution in [0.15, 0.2) is 12.3 Å². The minimum atomic E-state index is 0.592. The molecule has 4 heteroatoms. The van der Waals surface area contributed by atoms with Gasteiger partial charge in [-0.15, -0.1) is 0 Å². The number of aromatic nitrogens is 3. The summed E-state index contributed by atoms with van der Waals surface area (Å²) < 4.78 is 2.24. The van der Waals surface area contributed by atoms with Crippen molar-refractivity contribution in [3.8, 4) is 0 Å². The molecular formula is C15H22N4. The Morgan fingerprint density at radius 1 is 1.32 bits per heavy atom. The van der Waals surface area contributed by atoms with Crippen molar-refractivity contribution in [2.45, 2.75) is 51.5 Å². The fourth-order valence-electron chi connectivity index (χ4n) is 3.15. The Labute approximate surface area is 114 Å². The Morgan fingerprint density at radius 3 is 2.84 bits per heavy atom. The molecule has 2 aromatic rings. The first-order chi connectivity index (χ1) is 9.29. The Morgan fingerprint density at radius 2 is 2.11 bits per heavy atom. The van der Waals surface area contributed by atoms with Gasteiger partial charge in [-0.1, -0.05) is 19.3 Å². The van der Waals surface area contributed by atoms with E-state index in [1.54, 1.807) is 0 Å². The van der Waals surface area contributed by atoms with Crippen LogP contribution >= 0.6 is 0 Å². The van der Waals surface area contributed by atoms with Gasteiger partial charge >= 0.3 is 0 Å². The van der Waals surface area contributed by atoms with Gasteiger partial charge < -0.3 is 10.3 Å². The van der Waals surface area contributed by atoms with Gasteiger partial charge in [0.2, 0.25) is 0 Å². The Bertz CT molecular complexity index is 567. The molecule has 102 valence electrons. The lowest BCUT2D eigenvalue weighted by Crippen LogP contribution is -2.17. The zero-order valence-corrected chi connectivity index (χ0v) is 11.6. The number of rotatable bonds is 3. The van der Waals surface area contributed by atoms with Gasteiger partial charge in [-0.05, 0) is 31.4 Å². The van der Waals surface area contributed by atoms with Crippen LogP contribution in [0.25, 0.3) is 11.2 Å². The Hall–Kier alpha value is -1.42. The van der Waals surface area contributed by atoms with Crippen LogP contribution in [0.3, 0.4) is 0 Å². The number of nitrogens with two attached hydrogens (primary N) is 1. The van der Waals surface area contributed by atoms with E-state index in [2.05, 4.69) is 22.5 Å². The molecule has 1 saturated carbocycles. The minimum absolute atomic E-state index is 0.592. The molecular weight excluding hydrogens is 236 g/mol. The molecule has 3 rings (SSSR count). The first-order valence-electron chi connectivity index (χ1n) is 7.32. The largest absolute Gasteiger partial charge is 0.329 e. The van der Waals surface area contributed by atoms with Crippen molar-refractivity contribution in [1.29, 1.82) is 0 Å². The van der Waals surface area contributed by atoms with Gasteiger partial charge in [0, 0.05) is 25.2 Å². The van der Waals surface area contributed by atoms with Gasteiger partial charge in [-0.3, -0.25) is 0 Å². The normalized spacial score (nSPS) is 17.2. The van der Waals surface area contributed by atoms with Gasteiger partial charge in [0.15, 0.2) is 5.65 Å². The molecule has 0 saturated heterocycles. The topological polar surface area (TPSA) is 56.7 Å². The number of imidazole rings is 1. The van der Waals surface area contributed by atoms with Crippen LogP contribution in [-0.2, 0) is 6.54 Å². The monoisotopic (exact) mass is 258 g/mol. The second kappa shape index (κ2) is 5.29. The summed E-state index contributed by atoms with van der Waals surface area (Å²) in [6.45, 7) is 3.52. The zero-order valence-electron chi connectivity index (χ0n) is 11.6. The Balaban J connectivity index is 2.08. The van der Waals surface area contributed by atoms with Crippen molar-refractivity contribution in [2.24, 2.45) is 5.73 Å². The van der Waals surface area contributed by atoms with E-state index in [0.29, 0.717) is 12.5 Å². The van der Waals surface area contributed by atoms with Crippen LogP contribution in [0.4, 0.5) is 0 Å². The first-order valence-corrected chi connectivity index (χ1v) is 7.32. The summed E-state index contributed by atoms with van der Waals surface area (Å²) in [6.07, 6.45) is 8.44. The molecule has 0 aliphatic heterocycles. The molecule has 0 atom stereocenters. The third kappa shape index (κ3) is 2.37. The van der Waals surface area contributed by atoms with Crippen molar-refractivity contribution >= 4 is 11.2 Å². The number of fused-ring (bicyclic) bond motifs is 1. The predicted molar refractivity (Wildman–Crippen MR) is 77.1 cm³/mol. The average Bonchev–Trinajstić information content (AvgIpc) is 2.78. The summed E-state index contributed by atoms with van der Waals surface area (Å²) in [5.74, 6) is 1.80. The van der Waals surface area contributed by atoms with Gasteiger partial charge in [-0.2, -0.15) is 0 Å². The summed E-state index contributed by atoms with van der Waals surface area (Å²) in [4.78, 5) is 9.42. The van der Waals surface area contributed by atoms with Crippen molar-refractivity contribution in [1.82, 2.24) is 14.5 Å². The molecule has 2 aromatic heterocycles. The highest BCUT2D eigenvalue weighted by Crippen LogP contribution is 2.33. The van der Waals surface area contributed by atoms with E-state index in [0.717, 1.165) is 17.7 Å². The zero-order chi connectivity index (χ0) is 13.2. The molecule has 1 fully saturated rings. The van der Waals surface area contributed by atoms with Crippen molar-refractivity contribution in [2.75, 3.05) is 6.54 Å². The maximum absolute atomic E-state index is 5.76. The van der Waals surface area contributed by atoms with E-state index in [-0.39, 0.29) is 0 Å². The number of aryl methyl sites for hydroxylation is 1. The van der Waals surface area contributed by atoms with E-state index in [1.807, 2.05) is 6.20 Å². The van der Waals surface area contributed by atoms with E-state index in [1.165, 1.54) is 43.5 Å². The second-order valence-corrected chi connectivity index (χ2v) is 5.60. The second-order valence-electron chi connectivity index (χ2n) is 5.60. The van der Waals surface area contributed by atoms with E-state index < -0.39 is 0 Å². The summed E-state index contributed by atoms with van der Waals surface area (Å²) in [5, 5.41) is 0. The van der Waals surface area contributed by atoms with Crippen molar-refractivity contribution in [3.63, 3.8) is 0 Å². The number of nitrogens with zero attached hydrogens (tertiary/aromatic N) is 3. The van der Waals surface area contributed by atoms with Crippen LogP contribution in [0, 0.1) is 6.92 Å². The van der Waals surface area contributed by atoms with Gasteiger partial charge in [0.05, 0.1) is 0 Å². The van der Waals surface area contributed by atoms with E-state index in [4.69, 9.17) is 10.7 Å². The first kappa shape index (κ1) is 12.6. The minimum Gasteiger partial charge on any atom is -0.329 e. The van der Waals surface area contributed by atoms with Crippen LogP contribution < -0.4 is 5.73 Å². The van der Waals surface area contributed by atoms with Crippen molar-refractivity contribution < 1.29 is 0 Å². The molecule has 19 heavy (non-hydrogen) atoms. The quantitative estimate of drug-likeness (QED) is 0.921. The molecule has 0 bridgehead atoms. The lowest BCUT2D eigenvalue weighted by Gasteiger charge is -2.21. The molecule has 0 radical (unpaired) electrons. The SMILES string of the molecule is Cc1cnc2c(c1)nc(C1CCCCC1)n2CCN. The highest BCUT2D eigenvalue weighted by Gasteiger charge is 2.22. The highest BCUT2D eigenvalue weighted by atomic mass is 15.1. The van der Waals surface area contributed by atoms with Crippen LogP contribution in [0.5, 0.6) is 0 Å². The standard InChI is InChI=1S/C15H22N4/c1-11-9-13-15(17-10-11)19(8-7-16)14(18-13)12-5-3-2-4-6-12/h9-10,12H,2-8,16H2,1H3. The number of hydrogen-bond acceptors (Lipinski definition) is 3. The fraction of sp³-hybridized carbons (Fsp3) is 0.600. The molecule has 2 heterocycles. The predicted octanol–water partition coefficient (Wildman–Crippen LogP) is 2.75. The molecule has 0 spiro atoms. The lowest BCUT2D eigenvalue weighted by atomic mass is 9.88. The third-order valence-electron chi connectivity index (χ3n) is 4.07. The van der Waals surface area contributed by atoms with Crippen molar-refractivity contribution in [3.05, 3.63) is 23.7 Å². The summed E-state index contributed by atoms with van der Waals surface area (Å²) in [6, 6.07) is 2.13. The summed E-state index contributed by atoms with van der Waals surface area (Å²) in [7, 11) is 0. The van der Waals surface area contributed by atoms with Gasteiger partial charge in [-0.25, -0.2) is 9.97 Å². The molecule has 0 aromatic carbocycles. The average molecular weight is 258 g/mol. The smallest absolute Gasteiger partial charge is 0.160 e. The fourth-order valence-corrected chi connectivity index (χ4v) is 3.15. The van der Waals surface area contributed by atoms with Crippen LogP contribution in [0.1, 0.15) is 49.4 Å². The van der Waals surface area contributed by atoms with E-state index in [9.17, 15) is 0 Å². The molecule has 1 aliphatic carbocycles. The number of hydrogen-bond donors (Lipinski definition) is 1. The summed E-state index contributed by atoms with van der Waals surface area (Å²) in [5.41, 5.74) is 8.95. The number of pyridine rings is 1. The maximum atomic E-state index is 5.76. The van der Waals surface area contributed by atoms with Gasteiger partial charge in [0.25, 0.3) is 0 Å². The van der Waals surface area contributed by atoms with Crippen LogP contribution in [-0.4, -0.2) is 21.1 Å². The van der Waals surface area contributed by atoms with E-state index >= 15 is 0 Å². The highest BCUT2D eigenvalue weighted by molar-refractivity contribution is 5.72. The molecule has 1 aliphatic rings. The molecule has 4 nitrogen and oxygen atoms in total. The lowest BCUT2D eigenvalue weighted by molar-refractivity contribution is 0.417. The van der Waals surface area contributed by atoms with Crippen LogP contribution in [0.2, 0.25) is 0 Å². The summed E-state index contributed by atoms with van der Waals surface area (Å²) >= 11 is 0. The maximum Gasteiger partial charge on any atom is 0.160 e. The third-order valence-corrected chi connectivity index (χ3v) is 4.07. The molecule has 0 unspecified atom stereocenters.